The Morgan fingerprint density at radius 1 is 0.920 bits per heavy atom. The van der Waals surface area contributed by atoms with Gasteiger partial charge in [-0.05, 0) is 35.4 Å². The summed E-state index contributed by atoms with van der Waals surface area (Å²) in [5.74, 6) is -0.169. The van der Waals surface area contributed by atoms with Crippen LogP contribution in [0.25, 0.3) is 0 Å². The Labute approximate surface area is 157 Å². The molecule has 1 N–H and O–H groups in total. The van der Waals surface area contributed by atoms with Gasteiger partial charge in [0.25, 0.3) is 0 Å². The topological polar surface area (TPSA) is 49.4 Å². The van der Waals surface area contributed by atoms with Crippen LogP contribution >= 0.6 is 23.2 Å². The van der Waals surface area contributed by atoms with Crippen LogP contribution in [0.2, 0.25) is 10.0 Å². The predicted molar refractivity (Wildman–Crippen MR) is 100 cm³/mol. The van der Waals surface area contributed by atoms with Crippen LogP contribution < -0.4 is 5.32 Å². The number of carbonyl (C=O) groups is 2. The Hall–Kier alpha value is -2.04. The van der Waals surface area contributed by atoms with Gasteiger partial charge >= 0.3 is 0 Å². The van der Waals surface area contributed by atoms with Crippen LogP contribution in [0.1, 0.15) is 24.5 Å². The van der Waals surface area contributed by atoms with Gasteiger partial charge in [-0.2, -0.15) is 0 Å². The fourth-order valence-corrected chi connectivity index (χ4v) is 2.54. The van der Waals surface area contributed by atoms with Crippen molar-refractivity contribution >= 4 is 35.0 Å². The van der Waals surface area contributed by atoms with Crippen LogP contribution in [0.4, 0.5) is 0 Å². The largest absolute Gasteiger partial charge is 0.352 e. The second-order valence-electron chi connectivity index (χ2n) is 5.72. The third-order valence-corrected chi connectivity index (χ3v) is 4.25. The molecule has 132 valence electrons. The Kier molecular flexibility index (Phi) is 7.29. The quantitative estimate of drug-likeness (QED) is 0.789. The van der Waals surface area contributed by atoms with Gasteiger partial charge in [0.2, 0.25) is 11.8 Å². The minimum atomic E-state index is -0.0997. The van der Waals surface area contributed by atoms with Gasteiger partial charge in [-0.3, -0.25) is 9.59 Å². The number of carbonyl (C=O) groups excluding carboxylic acids is 2. The van der Waals surface area contributed by atoms with Gasteiger partial charge in [-0.15, -0.1) is 0 Å². The summed E-state index contributed by atoms with van der Waals surface area (Å²) in [6.07, 6.45) is 0.251. The van der Waals surface area contributed by atoms with E-state index in [2.05, 4.69) is 5.32 Å². The molecule has 0 aliphatic carbocycles. The van der Waals surface area contributed by atoms with Gasteiger partial charge in [0.1, 0.15) is 0 Å². The molecule has 0 fully saturated rings. The SMILES string of the molecule is CC(=O)N(CCC(=O)NCc1ccc(Cl)cc1)Cc1ccc(Cl)cc1. The Morgan fingerprint density at radius 2 is 1.44 bits per heavy atom. The second-order valence-corrected chi connectivity index (χ2v) is 6.59. The number of nitrogens with zero attached hydrogens (tertiary/aromatic N) is 1. The van der Waals surface area contributed by atoms with Gasteiger partial charge in [0, 0.05) is 43.0 Å². The van der Waals surface area contributed by atoms with Gasteiger partial charge in [-0.1, -0.05) is 47.5 Å². The van der Waals surface area contributed by atoms with Crippen LogP contribution in [-0.4, -0.2) is 23.3 Å². The van der Waals surface area contributed by atoms with E-state index in [4.69, 9.17) is 23.2 Å². The van der Waals surface area contributed by atoms with Gasteiger partial charge in [0.05, 0.1) is 0 Å². The first-order valence-electron chi connectivity index (χ1n) is 7.95. The zero-order valence-electron chi connectivity index (χ0n) is 14.0. The molecular formula is C19H20Cl2N2O2. The van der Waals surface area contributed by atoms with E-state index >= 15 is 0 Å². The zero-order chi connectivity index (χ0) is 18.2. The molecule has 2 rings (SSSR count). The molecule has 4 nitrogen and oxygen atoms in total. The average molecular weight is 379 g/mol. The highest BCUT2D eigenvalue weighted by Crippen LogP contribution is 2.12. The molecule has 0 radical (unpaired) electrons. The number of hydrogen-bond donors (Lipinski definition) is 1. The summed E-state index contributed by atoms with van der Waals surface area (Å²) < 4.78 is 0. The van der Waals surface area contributed by atoms with Crippen molar-refractivity contribution < 1.29 is 9.59 Å². The molecule has 0 saturated heterocycles. The van der Waals surface area contributed by atoms with E-state index in [1.54, 1.807) is 29.2 Å². The molecule has 6 heteroatoms. The molecule has 0 aliphatic heterocycles. The van der Waals surface area contributed by atoms with Crippen molar-refractivity contribution in [2.24, 2.45) is 0 Å². The van der Waals surface area contributed by atoms with Crippen LogP contribution in [0.5, 0.6) is 0 Å². The van der Waals surface area contributed by atoms with Crippen LogP contribution in [0.15, 0.2) is 48.5 Å². The Bertz CT molecular complexity index is 715. The molecule has 0 saturated carbocycles. The van der Waals surface area contributed by atoms with Gasteiger partial charge in [0.15, 0.2) is 0 Å². The zero-order valence-corrected chi connectivity index (χ0v) is 15.5. The Morgan fingerprint density at radius 3 is 1.96 bits per heavy atom. The van der Waals surface area contributed by atoms with E-state index in [1.807, 2.05) is 24.3 Å². The number of rotatable bonds is 7. The molecule has 0 atom stereocenters. The molecule has 0 heterocycles. The fourth-order valence-electron chi connectivity index (χ4n) is 2.29. The molecule has 2 aromatic rings. The van der Waals surface area contributed by atoms with Crippen molar-refractivity contribution in [3.8, 4) is 0 Å². The molecule has 0 aliphatic rings. The minimum Gasteiger partial charge on any atom is -0.352 e. The van der Waals surface area contributed by atoms with Crippen molar-refractivity contribution in [1.82, 2.24) is 10.2 Å². The fraction of sp³-hybridized carbons (Fsp3) is 0.263. The highest BCUT2D eigenvalue weighted by molar-refractivity contribution is 6.30. The molecule has 0 unspecified atom stereocenters. The first-order valence-corrected chi connectivity index (χ1v) is 8.71. The third-order valence-electron chi connectivity index (χ3n) is 3.74. The molecule has 0 bridgehead atoms. The summed E-state index contributed by atoms with van der Waals surface area (Å²) in [6, 6.07) is 14.6. The van der Waals surface area contributed by atoms with E-state index in [9.17, 15) is 9.59 Å². The van der Waals surface area contributed by atoms with Crippen molar-refractivity contribution in [2.75, 3.05) is 6.54 Å². The number of hydrogen-bond acceptors (Lipinski definition) is 2. The first-order chi connectivity index (χ1) is 11.9. The predicted octanol–water partition coefficient (Wildman–Crippen LogP) is 4.05. The van der Waals surface area contributed by atoms with Gasteiger partial charge < -0.3 is 10.2 Å². The van der Waals surface area contributed by atoms with Gasteiger partial charge in [-0.25, -0.2) is 0 Å². The normalized spacial score (nSPS) is 10.4. The lowest BCUT2D eigenvalue weighted by Crippen LogP contribution is -2.33. The van der Waals surface area contributed by atoms with E-state index < -0.39 is 0 Å². The second kappa shape index (κ2) is 9.44. The number of nitrogens with one attached hydrogen (secondary N) is 1. The maximum Gasteiger partial charge on any atom is 0.222 e. The number of amides is 2. The van der Waals surface area contributed by atoms with Crippen molar-refractivity contribution in [3.05, 3.63) is 69.7 Å². The molecule has 2 amide bonds. The summed E-state index contributed by atoms with van der Waals surface area (Å²) in [6.45, 7) is 2.76. The first kappa shape index (κ1) is 19.3. The summed E-state index contributed by atoms with van der Waals surface area (Å²) in [4.78, 5) is 25.5. The average Bonchev–Trinajstić information content (AvgIpc) is 2.59. The maximum absolute atomic E-state index is 12.0. The molecule has 0 spiro atoms. The minimum absolute atomic E-state index is 0.0690. The van der Waals surface area contributed by atoms with Crippen LogP contribution in [0, 0.1) is 0 Å². The lowest BCUT2D eigenvalue weighted by atomic mass is 10.2. The van der Waals surface area contributed by atoms with E-state index in [1.165, 1.54) is 6.92 Å². The molecule has 0 aromatic heterocycles. The molecule has 25 heavy (non-hydrogen) atoms. The number of benzene rings is 2. The Balaban J connectivity index is 1.81. The highest BCUT2D eigenvalue weighted by Gasteiger charge is 2.12. The smallest absolute Gasteiger partial charge is 0.222 e. The number of halogens is 2. The molecule has 2 aromatic carbocycles. The van der Waals surface area contributed by atoms with Crippen LogP contribution in [-0.2, 0) is 22.7 Å². The standard InChI is InChI=1S/C19H20Cl2N2O2/c1-14(24)23(13-16-4-8-18(21)9-5-16)11-10-19(25)22-12-15-2-6-17(20)7-3-15/h2-9H,10-13H2,1H3,(H,22,25). The van der Waals surface area contributed by atoms with E-state index in [-0.39, 0.29) is 18.2 Å². The van der Waals surface area contributed by atoms with Crippen molar-refractivity contribution in [2.45, 2.75) is 26.4 Å². The highest BCUT2D eigenvalue weighted by atomic mass is 35.5. The van der Waals surface area contributed by atoms with E-state index in [0.29, 0.717) is 29.7 Å². The monoisotopic (exact) mass is 378 g/mol. The van der Waals surface area contributed by atoms with Crippen LogP contribution in [0.3, 0.4) is 0 Å². The third kappa shape index (κ3) is 6.77. The molecular weight excluding hydrogens is 359 g/mol. The summed E-state index contributed by atoms with van der Waals surface area (Å²) in [7, 11) is 0. The summed E-state index contributed by atoms with van der Waals surface area (Å²) in [5.41, 5.74) is 1.95. The maximum atomic E-state index is 12.0. The summed E-state index contributed by atoms with van der Waals surface area (Å²) in [5, 5.41) is 4.16. The van der Waals surface area contributed by atoms with Crippen molar-refractivity contribution in [1.29, 1.82) is 0 Å². The van der Waals surface area contributed by atoms with E-state index in [0.717, 1.165) is 11.1 Å². The lowest BCUT2D eigenvalue weighted by Gasteiger charge is -2.21. The lowest BCUT2D eigenvalue weighted by molar-refractivity contribution is -0.130. The van der Waals surface area contributed by atoms with Crippen molar-refractivity contribution in [3.63, 3.8) is 0 Å². The summed E-state index contributed by atoms with van der Waals surface area (Å²) >= 11 is 11.7.